The minimum absolute atomic E-state index is 0.158. The monoisotopic (exact) mass is 417 g/mol. The summed E-state index contributed by atoms with van der Waals surface area (Å²) in [6.45, 7) is 7.38. The van der Waals surface area contributed by atoms with Crippen LogP contribution < -0.4 is 5.73 Å². The van der Waals surface area contributed by atoms with Crippen molar-refractivity contribution in [3.05, 3.63) is 36.3 Å². The highest BCUT2D eigenvalue weighted by Crippen LogP contribution is 2.33. The zero-order valence-corrected chi connectivity index (χ0v) is 18.1. The molecule has 0 radical (unpaired) electrons. The molecule has 0 saturated carbocycles. The van der Waals surface area contributed by atoms with E-state index in [9.17, 15) is 4.79 Å². The van der Waals surface area contributed by atoms with Gasteiger partial charge in [0.25, 0.3) is 0 Å². The number of amides is 1. The first-order chi connectivity index (χ1) is 14.8. The lowest BCUT2D eigenvalue weighted by molar-refractivity contribution is -0.140. The van der Waals surface area contributed by atoms with Gasteiger partial charge in [-0.3, -0.25) is 9.89 Å². The normalized spacial score (nSPS) is 17.5. The second-order valence-electron chi connectivity index (χ2n) is 9.37. The maximum absolute atomic E-state index is 12.8. The van der Waals surface area contributed by atoms with Crippen LogP contribution in [0.25, 0.3) is 33.2 Å². The summed E-state index contributed by atoms with van der Waals surface area (Å²) in [6.07, 6.45) is 3.75. The van der Waals surface area contributed by atoms with E-state index in [1.54, 1.807) is 6.20 Å². The van der Waals surface area contributed by atoms with Crippen molar-refractivity contribution in [3.63, 3.8) is 0 Å². The number of carbonyl (C=O) groups excluding carboxylic acids is 1. The molecule has 31 heavy (non-hydrogen) atoms. The highest BCUT2D eigenvalue weighted by atomic mass is 16.2. The van der Waals surface area contributed by atoms with Crippen molar-refractivity contribution in [1.82, 2.24) is 30.0 Å². The molecule has 0 aliphatic carbocycles. The summed E-state index contributed by atoms with van der Waals surface area (Å²) < 4.78 is 0. The van der Waals surface area contributed by atoms with E-state index in [2.05, 4.69) is 20.2 Å². The van der Waals surface area contributed by atoms with E-state index in [4.69, 9.17) is 10.7 Å². The van der Waals surface area contributed by atoms with Gasteiger partial charge in [-0.15, -0.1) is 0 Å². The third-order valence-electron chi connectivity index (χ3n) is 6.01. The van der Waals surface area contributed by atoms with Crippen LogP contribution in [-0.4, -0.2) is 49.0 Å². The van der Waals surface area contributed by atoms with Crippen LogP contribution in [0.5, 0.6) is 0 Å². The number of imidazole rings is 1. The number of H-pyrrole nitrogens is 2. The average Bonchev–Trinajstić information content (AvgIpc) is 3.43. The number of carbonyl (C=O) groups is 1. The number of likely N-dealkylation sites (tertiary alicyclic amines) is 1. The van der Waals surface area contributed by atoms with E-state index in [1.165, 1.54) is 0 Å². The molecule has 160 valence electrons. The Morgan fingerprint density at radius 1 is 1.23 bits per heavy atom. The van der Waals surface area contributed by atoms with Crippen molar-refractivity contribution in [3.8, 4) is 11.3 Å². The van der Waals surface area contributed by atoms with Gasteiger partial charge in [-0.25, -0.2) is 9.97 Å². The summed E-state index contributed by atoms with van der Waals surface area (Å²) in [5.41, 5.74) is 10.1. The maximum Gasteiger partial charge on any atom is 0.227 e. The minimum Gasteiger partial charge on any atom is -0.382 e. The highest BCUT2D eigenvalue weighted by molar-refractivity contribution is 6.07. The van der Waals surface area contributed by atoms with Crippen LogP contribution in [0.15, 0.2) is 30.5 Å². The Morgan fingerprint density at radius 3 is 2.81 bits per heavy atom. The van der Waals surface area contributed by atoms with Gasteiger partial charge in [0.1, 0.15) is 11.3 Å². The lowest BCUT2D eigenvalue weighted by Gasteiger charge is -2.35. The SMILES string of the molecule is CC(C)(C)C(=O)N1CCC[C@@H](c2nc3c(N)nc4cc(-c5cc[nH]n5)ccc4c3[nH]2)C1. The first-order valence-corrected chi connectivity index (χ1v) is 10.7. The van der Waals surface area contributed by atoms with E-state index >= 15 is 0 Å². The number of piperidine rings is 1. The van der Waals surface area contributed by atoms with Crippen molar-refractivity contribution >= 4 is 33.7 Å². The van der Waals surface area contributed by atoms with Gasteiger partial charge in [-0.2, -0.15) is 5.10 Å². The Kier molecular flexibility index (Phi) is 4.46. The van der Waals surface area contributed by atoms with Gasteiger partial charge in [0.15, 0.2) is 5.82 Å². The van der Waals surface area contributed by atoms with Crippen LogP contribution in [0.2, 0.25) is 0 Å². The summed E-state index contributed by atoms with van der Waals surface area (Å²) in [6, 6.07) is 7.98. The third kappa shape index (κ3) is 3.41. The number of fused-ring (bicyclic) bond motifs is 3. The molecule has 0 bridgehead atoms. The van der Waals surface area contributed by atoms with E-state index < -0.39 is 0 Å². The molecular weight excluding hydrogens is 390 g/mol. The van der Waals surface area contributed by atoms with Crippen molar-refractivity contribution < 1.29 is 4.79 Å². The third-order valence-corrected chi connectivity index (χ3v) is 6.01. The van der Waals surface area contributed by atoms with Crippen molar-refractivity contribution in [2.45, 2.75) is 39.5 Å². The molecule has 1 saturated heterocycles. The number of hydrogen-bond donors (Lipinski definition) is 3. The van der Waals surface area contributed by atoms with Crippen LogP contribution in [0.4, 0.5) is 5.82 Å². The highest BCUT2D eigenvalue weighted by Gasteiger charge is 2.32. The predicted octanol–water partition coefficient (Wildman–Crippen LogP) is 3.84. The Hall–Kier alpha value is -3.42. The molecule has 4 heterocycles. The van der Waals surface area contributed by atoms with Gasteiger partial charge in [-0.05, 0) is 31.0 Å². The molecule has 1 aromatic carbocycles. The summed E-state index contributed by atoms with van der Waals surface area (Å²) in [4.78, 5) is 27.7. The second kappa shape index (κ2) is 7.08. The molecule has 3 aromatic heterocycles. The Labute approximate surface area is 180 Å². The van der Waals surface area contributed by atoms with Gasteiger partial charge in [0.2, 0.25) is 5.91 Å². The molecule has 1 aliphatic rings. The molecule has 1 atom stereocenters. The van der Waals surface area contributed by atoms with Gasteiger partial charge in [0, 0.05) is 41.6 Å². The van der Waals surface area contributed by atoms with Crippen LogP contribution in [-0.2, 0) is 4.79 Å². The van der Waals surface area contributed by atoms with Gasteiger partial charge in [0.05, 0.1) is 16.7 Å². The minimum atomic E-state index is -0.383. The van der Waals surface area contributed by atoms with Gasteiger partial charge in [-0.1, -0.05) is 26.8 Å². The fourth-order valence-electron chi connectivity index (χ4n) is 4.42. The molecule has 1 amide bonds. The quantitative estimate of drug-likeness (QED) is 0.458. The van der Waals surface area contributed by atoms with Crippen molar-refractivity contribution in [2.24, 2.45) is 5.41 Å². The second-order valence-corrected chi connectivity index (χ2v) is 9.37. The number of anilines is 1. The molecule has 4 N–H and O–H groups in total. The lowest BCUT2D eigenvalue weighted by Crippen LogP contribution is -2.44. The number of benzene rings is 1. The number of pyridine rings is 1. The van der Waals surface area contributed by atoms with E-state index in [-0.39, 0.29) is 17.2 Å². The summed E-state index contributed by atoms with van der Waals surface area (Å²) in [7, 11) is 0. The van der Waals surface area contributed by atoms with Crippen LogP contribution in [0, 0.1) is 5.41 Å². The molecule has 4 aromatic rings. The number of nitrogen functional groups attached to an aromatic ring is 1. The number of rotatable bonds is 2. The predicted molar refractivity (Wildman–Crippen MR) is 121 cm³/mol. The largest absolute Gasteiger partial charge is 0.382 e. The van der Waals surface area contributed by atoms with Crippen LogP contribution >= 0.6 is 0 Å². The maximum atomic E-state index is 12.8. The van der Waals surface area contributed by atoms with E-state index in [0.29, 0.717) is 17.9 Å². The van der Waals surface area contributed by atoms with Crippen LogP contribution in [0.3, 0.4) is 0 Å². The first-order valence-electron chi connectivity index (χ1n) is 10.7. The number of nitrogens with one attached hydrogen (secondary N) is 2. The number of nitrogens with zero attached hydrogens (tertiary/aromatic N) is 4. The number of aromatic amines is 2. The molecule has 8 heteroatoms. The molecule has 1 fully saturated rings. The fraction of sp³-hybridized carbons (Fsp3) is 0.391. The summed E-state index contributed by atoms with van der Waals surface area (Å²) >= 11 is 0. The first kappa shape index (κ1) is 19.5. The molecule has 1 aliphatic heterocycles. The van der Waals surface area contributed by atoms with Crippen molar-refractivity contribution in [1.29, 1.82) is 0 Å². The fourth-order valence-corrected chi connectivity index (χ4v) is 4.42. The molecule has 0 unspecified atom stereocenters. The topological polar surface area (TPSA) is 117 Å². The number of nitrogens with two attached hydrogens (primary N) is 1. The molecule has 5 rings (SSSR count). The zero-order valence-electron chi connectivity index (χ0n) is 18.1. The average molecular weight is 418 g/mol. The lowest BCUT2D eigenvalue weighted by atomic mass is 9.91. The van der Waals surface area contributed by atoms with Crippen molar-refractivity contribution in [2.75, 3.05) is 18.8 Å². The Bertz CT molecular complexity index is 1270. The molecule has 8 nitrogen and oxygen atoms in total. The Balaban J connectivity index is 1.53. The van der Waals surface area contributed by atoms with Crippen LogP contribution in [0.1, 0.15) is 45.4 Å². The van der Waals surface area contributed by atoms with Gasteiger partial charge < -0.3 is 15.6 Å². The van der Waals surface area contributed by atoms with E-state index in [0.717, 1.165) is 52.9 Å². The van der Waals surface area contributed by atoms with E-state index in [1.807, 2.05) is 49.9 Å². The molecular formula is C23H27N7O. The summed E-state index contributed by atoms with van der Waals surface area (Å²) in [5, 5.41) is 8.06. The molecule has 0 spiro atoms. The summed E-state index contributed by atoms with van der Waals surface area (Å²) in [5.74, 6) is 1.62. The number of aromatic nitrogens is 5. The Morgan fingerprint density at radius 2 is 2.06 bits per heavy atom. The van der Waals surface area contributed by atoms with Gasteiger partial charge >= 0.3 is 0 Å². The standard InChI is InChI=1S/C23H27N7O/c1-23(2,3)22(31)30-10-4-5-14(12-30)21-27-18-15-7-6-13(16-8-9-25-29-16)11-17(15)26-20(24)19(18)28-21/h6-9,11,14H,4-5,10,12H2,1-3H3,(H2,24,26)(H,25,29)(H,27,28)/t14-/m1/s1. The number of hydrogen-bond acceptors (Lipinski definition) is 5. The zero-order chi connectivity index (χ0) is 21.8. The smallest absolute Gasteiger partial charge is 0.227 e.